The predicted octanol–water partition coefficient (Wildman–Crippen LogP) is 3.20. The Morgan fingerprint density at radius 3 is 2.85 bits per heavy atom. The van der Waals surface area contributed by atoms with Crippen molar-refractivity contribution >= 4 is 5.91 Å². The number of carbonyl (C=O) groups is 1. The first-order chi connectivity index (χ1) is 12.5. The lowest BCUT2D eigenvalue weighted by Gasteiger charge is -2.14. The second-order valence-corrected chi connectivity index (χ2v) is 5.45. The van der Waals surface area contributed by atoms with Gasteiger partial charge in [0, 0.05) is 13.2 Å². The Kier molecular flexibility index (Phi) is 5.21. The van der Waals surface area contributed by atoms with Gasteiger partial charge in [0.1, 0.15) is 6.26 Å². The van der Waals surface area contributed by atoms with Crippen molar-refractivity contribution in [1.82, 2.24) is 14.9 Å². The molecule has 2 heterocycles. The molecule has 0 bridgehead atoms. The van der Waals surface area contributed by atoms with E-state index in [1.807, 2.05) is 6.07 Å². The lowest BCUT2D eigenvalue weighted by Crippen LogP contribution is -2.26. The molecule has 0 aliphatic rings. The molecule has 134 valence electrons. The van der Waals surface area contributed by atoms with Crippen LogP contribution in [0.15, 0.2) is 53.3 Å². The lowest BCUT2D eigenvalue weighted by atomic mass is 10.3. The first-order valence-electron chi connectivity index (χ1n) is 7.71. The smallest absolute Gasteiger partial charge is 0.275 e. The van der Waals surface area contributed by atoms with Crippen molar-refractivity contribution in [3.05, 3.63) is 77.8 Å². The predicted molar refractivity (Wildman–Crippen MR) is 87.2 cm³/mol. The van der Waals surface area contributed by atoms with Crippen molar-refractivity contribution in [3.8, 4) is 5.75 Å². The van der Waals surface area contributed by atoms with E-state index >= 15 is 0 Å². The molecule has 0 spiro atoms. The second-order valence-electron chi connectivity index (χ2n) is 5.45. The van der Waals surface area contributed by atoms with E-state index in [2.05, 4.69) is 9.97 Å². The molecule has 0 aliphatic carbocycles. The van der Waals surface area contributed by atoms with Crippen LogP contribution in [-0.4, -0.2) is 27.8 Å². The number of hydrogen-bond donors (Lipinski definition) is 0. The highest BCUT2D eigenvalue weighted by Gasteiger charge is 2.18. The average Bonchev–Trinajstić information content (AvgIpc) is 3.12. The summed E-state index contributed by atoms with van der Waals surface area (Å²) in [6.45, 7) is 0.0739. The average molecular weight is 359 g/mol. The van der Waals surface area contributed by atoms with E-state index in [-0.39, 0.29) is 29.8 Å². The monoisotopic (exact) mass is 359 g/mol. The summed E-state index contributed by atoms with van der Waals surface area (Å²) in [5.41, 5.74) is 0.818. The maximum atomic E-state index is 13.5. The Labute approximate surface area is 148 Å². The lowest BCUT2D eigenvalue weighted by molar-refractivity contribution is 0.0777. The Hall–Kier alpha value is -3.29. The van der Waals surface area contributed by atoms with Crippen molar-refractivity contribution in [3.63, 3.8) is 0 Å². The molecule has 8 heteroatoms. The summed E-state index contributed by atoms with van der Waals surface area (Å²) in [6, 6.07) is 9.02. The molecule has 0 saturated carbocycles. The minimum atomic E-state index is -1.09. The Balaban J connectivity index is 1.62. The van der Waals surface area contributed by atoms with E-state index in [0.29, 0.717) is 6.54 Å². The van der Waals surface area contributed by atoms with Gasteiger partial charge >= 0.3 is 0 Å². The minimum absolute atomic E-state index is 0.0725. The third-order valence-corrected chi connectivity index (χ3v) is 3.51. The van der Waals surface area contributed by atoms with Crippen molar-refractivity contribution in [2.75, 3.05) is 7.05 Å². The third kappa shape index (κ3) is 4.02. The van der Waals surface area contributed by atoms with Crippen LogP contribution in [-0.2, 0) is 13.2 Å². The minimum Gasteiger partial charge on any atom is -0.481 e. The summed E-state index contributed by atoms with van der Waals surface area (Å²) in [7, 11) is 1.62. The van der Waals surface area contributed by atoms with Crippen LogP contribution in [0.1, 0.15) is 22.1 Å². The first-order valence-corrected chi connectivity index (χ1v) is 7.71. The maximum Gasteiger partial charge on any atom is 0.275 e. The fourth-order valence-electron chi connectivity index (χ4n) is 2.21. The molecule has 0 atom stereocenters. The zero-order valence-corrected chi connectivity index (χ0v) is 13.9. The topological polar surface area (TPSA) is 68.5 Å². The molecule has 26 heavy (non-hydrogen) atoms. The van der Waals surface area contributed by atoms with Gasteiger partial charge in [-0.3, -0.25) is 9.78 Å². The highest BCUT2D eigenvalue weighted by Crippen LogP contribution is 2.20. The molecule has 0 fully saturated rings. The normalized spacial score (nSPS) is 10.6. The van der Waals surface area contributed by atoms with Gasteiger partial charge < -0.3 is 14.1 Å². The molecule has 0 unspecified atom stereocenters. The van der Waals surface area contributed by atoms with E-state index in [0.717, 1.165) is 11.8 Å². The summed E-state index contributed by atoms with van der Waals surface area (Å²) < 4.78 is 37.0. The van der Waals surface area contributed by atoms with Crippen molar-refractivity contribution < 1.29 is 22.7 Å². The molecule has 2 aromatic heterocycles. The van der Waals surface area contributed by atoms with Gasteiger partial charge in [-0.25, -0.2) is 9.37 Å². The number of ether oxygens (including phenoxy) is 1. The molecule has 3 rings (SSSR count). The molecule has 0 radical (unpaired) electrons. The van der Waals surface area contributed by atoms with Crippen molar-refractivity contribution in [2.24, 2.45) is 0 Å². The molecule has 0 N–H and O–H groups in total. The zero-order chi connectivity index (χ0) is 18.5. The largest absolute Gasteiger partial charge is 0.481 e. The molecule has 0 saturated heterocycles. The maximum absolute atomic E-state index is 13.5. The van der Waals surface area contributed by atoms with Gasteiger partial charge in [-0.2, -0.15) is 4.39 Å². The molecule has 6 nitrogen and oxygen atoms in total. The number of rotatable bonds is 6. The number of benzene rings is 1. The van der Waals surface area contributed by atoms with E-state index in [4.69, 9.17) is 9.15 Å². The van der Waals surface area contributed by atoms with E-state index in [1.54, 1.807) is 25.4 Å². The van der Waals surface area contributed by atoms with Crippen LogP contribution >= 0.6 is 0 Å². The number of carbonyl (C=O) groups excluding carboxylic acids is 1. The number of nitrogens with zero attached hydrogens (tertiary/aromatic N) is 3. The van der Waals surface area contributed by atoms with E-state index in [1.165, 1.54) is 23.3 Å². The van der Waals surface area contributed by atoms with Crippen molar-refractivity contribution in [2.45, 2.75) is 13.2 Å². The number of halogens is 2. The summed E-state index contributed by atoms with van der Waals surface area (Å²) in [6.07, 6.45) is 2.84. The Bertz CT molecular complexity index is 900. The van der Waals surface area contributed by atoms with Crippen LogP contribution in [0.25, 0.3) is 0 Å². The highest BCUT2D eigenvalue weighted by atomic mass is 19.2. The quantitative estimate of drug-likeness (QED) is 0.676. The third-order valence-electron chi connectivity index (χ3n) is 3.51. The Morgan fingerprint density at radius 2 is 2.08 bits per heavy atom. The fourth-order valence-corrected chi connectivity index (χ4v) is 2.21. The Morgan fingerprint density at radius 1 is 1.23 bits per heavy atom. The summed E-state index contributed by atoms with van der Waals surface area (Å²) >= 11 is 0. The van der Waals surface area contributed by atoms with Gasteiger partial charge in [0.05, 0.1) is 12.2 Å². The van der Waals surface area contributed by atoms with Crippen LogP contribution in [0, 0.1) is 11.6 Å². The fraction of sp³-hybridized carbons (Fsp3) is 0.167. The van der Waals surface area contributed by atoms with Crippen molar-refractivity contribution in [1.29, 1.82) is 0 Å². The number of pyridine rings is 1. The first kappa shape index (κ1) is 17.5. The van der Waals surface area contributed by atoms with Gasteiger partial charge in [0.25, 0.3) is 5.91 Å². The highest BCUT2D eigenvalue weighted by molar-refractivity contribution is 5.91. The molecule has 0 aliphatic heterocycles. The van der Waals surface area contributed by atoms with Crippen LogP contribution in [0.2, 0.25) is 0 Å². The van der Waals surface area contributed by atoms with E-state index in [9.17, 15) is 13.6 Å². The van der Waals surface area contributed by atoms with Gasteiger partial charge in [-0.05, 0) is 24.3 Å². The molecule has 1 aromatic carbocycles. The van der Waals surface area contributed by atoms with Gasteiger partial charge in [-0.15, -0.1) is 0 Å². The van der Waals surface area contributed by atoms with Crippen LogP contribution in [0.4, 0.5) is 8.78 Å². The molecule has 3 aromatic rings. The van der Waals surface area contributed by atoms with Crippen LogP contribution in [0.5, 0.6) is 5.75 Å². The number of hydrogen-bond acceptors (Lipinski definition) is 5. The van der Waals surface area contributed by atoms with Crippen LogP contribution < -0.4 is 4.74 Å². The van der Waals surface area contributed by atoms with E-state index < -0.39 is 11.6 Å². The number of amides is 1. The van der Waals surface area contributed by atoms with Crippen LogP contribution in [0.3, 0.4) is 0 Å². The second kappa shape index (κ2) is 7.73. The molecular formula is C18H15F2N3O3. The summed E-state index contributed by atoms with van der Waals surface area (Å²) in [5, 5.41) is 0. The SMILES string of the molecule is CN(Cc1ccccn1)C(=O)c1coc(COc2cccc(F)c2F)n1. The summed E-state index contributed by atoms with van der Waals surface area (Å²) in [4.78, 5) is 22.0. The zero-order valence-electron chi connectivity index (χ0n) is 13.9. The van der Waals surface area contributed by atoms with Gasteiger partial charge in [0.2, 0.25) is 11.7 Å². The summed E-state index contributed by atoms with van der Waals surface area (Å²) in [5.74, 6) is -2.65. The number of oxazole rings is 1. The van der Waals surface area contributed by atoms with Gasteiger partial charge in [-0.1, -0.05) is 12.1 Å². The number of aromatic nitrogens is 2. The molecular weight excluding hydrogens is 344 g/mol. The van der Waals surface area contributed by atoms with Gasteiger partial charge in [0.15, 0.2) is 23.9 Å². The standard InChI is InChI=1S/C18H15F2N3O3/c1-23(9-12-5-2-3-8-21-12)18(24)14-10-26-16(22-14)11-25-15-7-4-6-13(19)17(15)20/h2-8,10H,9,11H2,1H3. The molecule has 1 amide bonds.